The van der Waals surface area contributed by atoms with Crippen molar-refractivity contribution in [3.63, 3.8) is 0 Å². The van der Waals surface area contributed by atoms with Crippen LogP contribution >= 0.6 is 0 Å². The fourth-order valence-corrected chi connectivity index (χ4v) is 4.44. The van der Waals surface area contributed by atoms with Gasteiger partial charge in [0.05, 0.1) is 5.69 Å². The van der Waals surface area contributed by atoms with E-state index in [9.17, 15) is 9.18 Å². The van der Waals surface area contributed by atoms with Gasteiger partial charge < -0.3 is 14.6 Å². The van der Waals surface area contributed by atoms with Crippen molar-refractivity contribution >= 4 is 17.0 Å². The van der Waals surface area contributed by atoms with E-state index in [1.54, 1.807) is 4.90 Å². The molecule has 166 valence electrons. The van der Waals surface area contributed by atoms with Crippen LogP contribution in [0.2, 0.25) is 0 Å². The molecule has 0 unspecified atom stereocenters. The van der Waals surface area contributed by atoms with Crippen molar-refractivity contribution in [2.24, 2.45) is 5.92 Å². The lowest BCUT2D eigenvalue weighted by atomic mass is 9.97. The fourth-order valence-electron chi connectivity index (χ4n) is 4.44. The molecule has 2 aromatic heterocycles. The lowest BCUT2D eigenvalue weighted by molar-refractivity contribution is 0.0177. The summed E-state index contributed by atoms with van der Waals surface area (Å²) in [5.41, 5.74) is 4.55. The van der Waals surface area contributed by atoms with Crippen LogP contribution in [0.5, 0.6) is 0 Å². The van der Waals surface area contributed by atoms with Crippen molar-refractivity contribution in [3.05, 3.63) is 41.6 Å². The fraction of sp³-hybridized carbons (Fsp3) is 0.500. The number of piperidine rings is 1. The molecule has 1 amide bonds. The molecule has 31 heavy (non-hydrogen) atoms. The van der Waals surface area contributed by atoms with E-state index >= 15 is 0 Å². The standard InChI is InChI=1S/C24H31FN4O2/c1-15-22(20-13-26-21-12-18(25)6-7-19(20)21)16(2)29(27-15)14-17-8-10-28(11-9-17)23(30)31-24(3,4)5/h6-7,12-13,17,26H,8-11,14H2,1-5H3. The zero-order chi connectivity index (χ0) is 22.3. The smallest absolute Gasteiger partial charge is 0.410 e. The Kier molecular flexibility index (Phi) is 5.54. The highest BCUT2D eigenvalue weighted by atomic mass is 19.1. The number of carbonyl (C=O) groups is 1. The van der Waals surface area contributed by atoms with Crippen molar-refractivity contribution in [1.82, 2.24) is 19.7 Å². The number of aryl methyl sites for hydroxylation is 1. The second-order valence-electron chi connectivity index (χ2n) is 9.53. The molecule has 0 aliphatic carbocycles. The Labute approximate surface area is 182 Å². The number of carbonyl (C=O) groups excluding carboxylic acids is 1. The molecular formula is C24H31FN4O2. The number of nitrogens with zero attached hydrogens (tertiary/aromatic N) is 3. The number of hydrogen-bond donors (Lipinski definition) is 1. The molecule has 1 aliphatic rings. The van der Waals surface area contributed by atoms with Crippen LogP contribution in [0.4, 0.5) is 9.18 Å². The molecule has 0 saturated carbocycles. The first kappa shape index (κ1) is 21.4. The highest BCUT2D eigenvalue weighted by Gasteiger charge is 2.28. The number of ether oxygens (including phenoxy) is 1. The zero-order valence-corrected chi connectivity index (χ0v) is 19.0. The Morgan fingerprint density at radius 2 is 1.97 bits per heavy atom. The van der Waals surface area contributed by atoms with Crippen molar-refractivity contribution < 1.29 is 13.9 Å². The number of halogens is 1. The summed E-state index contributed by atoms with van der Waals surface area (Å²) in [5, 5.41) is 5.81. The largest absolute Gasteiger partial charge is 0.444 e. The Bertz CT molecular complexity index is 1100. The van der Waals surface area contributed by atoms with Crippen LogP contribution < -0.4 is 0 Å². The molecular weight excluding hydrogens is 395 g/mol. The van der Waals surface area contributed by atoms with Gasteiger partial charge in [-0.05, 0) is 71.6 Å². The number of aromatic amines is 1. The predicted molar refractivity (Wildman–Crippen MR) is 119 cm³/mol. The minimum atomic E-state index is -0.470. The van der Waals surface area contributed by atoms with E-state index < -0.39 is 5.60 Å². The topological polar surface area (TPSA) is 63.1 Å². The van der Waals surface area contributed by atoms with Gasteiger partial charge in [-0.25, -0.2) is 9.18 Å². The van der Waals surface area contributed by atoms with E-state index in [0.717, 1.165) is 52.8 Å². The van der Waals surface area contributed by atoms with Crippen LogP contribution in [0.1, 0.15) is 45.0 Å². The van der Waals surface area contributed by atoms with Crippen LogP contribution in [0, 0.1) is 25.6 Å². The Hall–Kier alpha value is -2.83. The molecule has 4 rings (SSSR count). The summed E-state index contributed by atoms with van der Waals surface area (Å²) < 4.78 is 21.1. The van der Waals surface area contributed by atoms with Crippen molar-refractivity contribution in [3.8, 4) is 11.1 Å². The van der Waals surface area contributed by atoms with Crippen LogP contribution in [0.25, 0.3) is 22.0 Å². The van der Waals surface area contributed by atoms with Gasteiger partial charge in [0.25, 0.3) is 0 Å². The van der Waals surface area contributed by atoms with Crippen molar-refractivity contribution in [2.75, 3.05) is 13.1 Å². The quantitative estimate of drug-likeness (QED) is 0.607. The molecule has 1 aliphatic heterocycles. The third-order valence-corrected chi connectivity index (χ3v) is 5.99. The summed E-state index contributed by atoms with van der Waals surface area (Å²) in [4.78, 5) is 17.3. The van der Waals surface area contributed by atoms with Crippen LogP contribution in [0.15, 0.2) is 24.4 Å². The average molecular weight is 427 g/mol. The van der Waals surface area contributed by atoms with Gasteiger partial charge in [0, 0.05) is 53.6 Å². The summed E-state index contributed by atoms with van der Waals surface area (Å²) in [6, 6.07) is 4.83. The predicted octanol–water partition coefficient (Wildman–Crippen LogP) is 5.43. The number of H-pyrrole nitrogens is 1. The van der Waals surface area contributed by atoms with Gasteiger partial charge in [-0.1, -0.05) is 0 Å². The van der Waals surface area contributed by atoms with Gasteiger partial charge in [-0.15, -0.1) is 0 Å². The maximum Gasteiger partial charge on any atom is 0.410 e. The van der Waals surface area contributed by atoms with Gasteiger partial charge in [0.15, 0.2) is 0 Å². The van der Waals surface area contributed by atoms with Crippen molar-refractivity contribution in [1.29, 1.82) is 0 Å². The van der Waals surface area contributed by atoms with E-state index in [2.05, 4.69) is 16.6 Å². The number of likely N-dealkylation sites (tertiary alicyclic amines) is 1. The molecule has 3 heterocycles. The maximum atomic E-state index is 13.6. The summed E-state index contributed by atoms with van der Waals surface area (Å²) in [6.07, 6.45) is 3.57. The molecule has 6 nitrogen and oxygen atoms in total. The molecule has 0 bridgehead atoms. The molecule has 1 aromatic carbocycles. The van der Waals surface area contributed by atoms with Crippen LogP contribution in [0.3, 0.4) is 0 Å². The highest BCUT2D eigenvalue weighted by molar-refractivity contribution is 5.96. The van der Waals surface area contributed by atoms with E-state index in [4.69, 9.17) is 9.84 Å². The summed E-state index contributed by atoms with van der Waals surface area (Å²) in [5.74, 6) is 0.212. The molecule has 0 atom stereocenters. The summed E-state index contributed by atoms with van der Waals surface area (Å²) in [7, 11) is 0. The number of benzene rings is 1. The first-order valence-corrected chi connectivity index (χ1v) is 10.9. The molecule has 1 N–H and O–H groups in total. The number of fused-ring (bicyclic) bond motifs is 1. The monoisotopic (exact) mass is 426 g/mol. The number of rotatable bonds is 3. The second-order valence-corrected chi connectivity index (χ2v) is 9.53. The minimum absolute atomic E-state index is 0.227. The van der Waals surface area contributed by atoms with Gasteiger partial charge >= 0.3 is 6.09 Å². The van der Waals surface area contributed by atoms with Gasteiger partial charge in [0.2, 0.25) is 0 Å². The lowest BCUT2D eigenvalue weighted by Gasteiger charge is -2.33. The molecule has 1 saturated heterocycles. The van der Waals surface area contributed by atoms with Gasteiger partial charge in [0.1, 0.15) is 11.4 Å². The molecule has 7 heteroatoms. The van der Waals surface area contributed by atoms with E-state index in [1.807, 2.05) is 40.0 Å². The summed E-state index contributed by atoms with van der Waals surface area (Å²) in [6.45, 7) is 12.0. The molecule has 1 fully saturated rings. The Morgan fingerprint density at radius 1 is 1.26 bits per heavy atom. The maximum absolute atomic E-state index is 13.6. The zero-order valence-electron chi connectivity index (χ0n) is 19.0. The van der Waals surface area contributed by atoms with E-state index in [-0.39, 0.29) is 11.9 Å². The summed E-state index contributed by atoms with van der Waals surface area (Å²) >= 11 is 0. The number of nitrogens with one attached hydrogen (secondary N) is 1. The van der Waals surface area contributed by atoms with Crippen molar-refractivity contribution in [2.45, 2.75) is 59.6 Å². The minimum Gasteiger partial charge on any atom is -0.444 e. The molecule has 0 spiro atoms. The van der Waals surface area contributed by atoms with Gasteiger partial charge in [-0.3, -0.25) is 4.68 Å². The average Bonchev–Trinajstić information content (AvgIpc) is 3.20. The number of aromatic nitrogens is 3. The number of amides is 1. The third-order valence-electron chi connectivity index (χ3n) is 5.99. The molecule has 0 radical (unpaired) electrons. The molecule has 3 aromatic rings. The van der Waals surface area contributed by atoms with Gasteiger partial charge in [-0.2, -0.15) is 5.10 Å². The van der Waals surface area contributed by atoms with E-state index in [0.29, 0.717) is 19.0 Å². The second kappa shape index (κ2) is 8.02. The first-order valence-electron chi connectivity index (χ1n) is 10.9. The van der Waals surface area contributed by atoms with E-state index in [1.165, 1.54) is 12.1 Å². The normalized spacial score (nSPS) is 15.6. The third kappa shape index (κ3) is 4.45. The van der Waals surface area contributed by atoms with Crippen LogP contribution in [-0.2, 0) is 11.3 Å². The number of hydrogen-bond acceptors (Lipinski definition) is 3. The highest BCUT2D eigenvalue weighted by Crippen LogP contribution is 2.34. The first-order chi connectivity index (χ1) is 14.6. The lowest BCUT2D eigenvalue weighted by Crippen LogP contribution is -2.42. The Balaban J connectivity index is 1.47. The van der Waals surface area contributed by atoms with Crippen LogP contribution in [-0.4, -0.2) is 44.4 Å². The Morgan fingerprint density at radius 3 is 2.65 bits per heavy atom. The SMILES string of the molecule is Cc1nn(CC2CCN(C(=O)OC(C)(C)C)CC2)c(C)c1-c1c[nH]c2cc(F)ccc12.